The number of esters is 2. The summed E-state index contributed by atoms with van der Waals surface area (Å²) < 4.78 is 15.4. The molecule has 2 saturated heterocycles. The number of anilines is 2. The molecule has 16 heteroatoms. The van der Waals surface area contributed by atoms with E-state index in [0.29, 0.717) is 44.0 Å². The van der Waals surface area contributed by atoms with Crippen LogP contribution in [-0.2, 0) is 28.7 Å². The fourth-order valence-corrected chi connectivity index (χ4v) is 8.47. The van der Waals surface area contributed by atoms with Crippen LogP contribution in [0.25, 0.3) is 12.2 Å². The molecule has 4 aromatic carbocycles. The molecule has 0 aliphatic carbocycles. The molecule has 4 aromatic rings. The zero-order valence-electron chi connectivity index (χ0n) is 43.0. The van der Waals surface area contributed by atoms with Crippen molar-refractivity contribution < 1.29 is 38.5 Å². The average Bonchev–Trinajstić information content (AvgIpc) is 3.79. The van der Waals surface area contributed by atoms with E-state index in [1.165, 1.54) is 41.9 Å². The van der Waals surface area contributed by atoms with Crippen LogP contribution in [0.3, 0.4) is 0 Å². The second kappa shape index (κ2) is 28.7. The zero-order chi connectivity index (χ0) is 53.8. The van der Waals surface area contributed by atoms with Gasteiger partial charge in [-0.25, -0.2) is 9.59 Å². The van der Waals surface area contributed by atoms with Gasteiger partial charge in [0.15, 0.2) is 10.3 Å². The molecule has 6 rings (SSSR count). The maximum Gasteiger partial charge on any atom is 0.384 e. The van der Waals surface area contributed by atoms with Crippen LogP contribution in [0.5, 0.6) is 11.5 Å². The fourth-order valence-electron chi connectivity index (χ4n) is 6.05. The summed E-state index contributed by atoms with van der Waals surface area (Å²) in [6.07, 6.45) is 12.6. The van der Waals surface area contributed by atoms with Gasteiger partial charge in [0.2, 0.25) is 0 Å². The van der Waals surface area contributed by atoms with Gasteiger partial charge in [0.25, 0.3) is 11.8 Å². The predicted molar refractivity (Wildman–Crippen MR) is 300 cm³/mol. The number of aromatic hydroxyl groups is 1. The highest BCUT2D eigenvalue weighted by molar-refractivity contribution is 8.19. The summed E-state index contributed by atoms with van der Waals surface area (Å²) in [7, 11) is 0. The van der Waals surface area contributed by atoms with E-state index in [1.807, 2.05) is 82.1 Å². The molecular formula is C56H64Cl2N4O8S2. The van der Waals surface area contributed by atoms with Gasteiger partial charge in [0.05, 0.1) is 43.6 Å². The van der Waals surface area contributed by atoms with Crippen molar-refractivity contribution in [3.63, 3.8) is 0 Å². The van der Waals surface area contributed by atoms with Crippen molar-refractivity contribution in [2.45, 2.75) is 107 Å². The Kier molecular flexibility index (Phi) is 24.0. The molecule has 1 N–H and O–H groups in total. The van der Waals surface area contributed by atoms with Crippen LogP contribution in [-0.4, -0.2) is 63.5 Å². The number of amides is 2. The molecule has 0 atom stereocenters. The van der Waals surface area contributed by atoms with Crippen molar-refractivity contribution in [3.05, 3.63) is 139 Å². The molecule has 0 bridgehead atoms. The molecule has 2 aliphatic rings. The highest BCUT2D eigenvalue weighted by Crippen LogP contribution is 2.40. The summed E-state index contributed by atoms with van der Waals surface area (Å²) in [6, 6.07) is 25.6. The average molecular weight is 1060 g/mol. The first-order valence-electron chi connectivity index (χ1n) is 23.3. The number of halogens is 2. The fraction of sp³-hybridized carbons (Fsp3) is 0.321. The van der Waals surface area contributed by atoms with Crippen LogP contribution in [0, 0.1) is 26.2 Å². The Morgan fingerprint density at radius 3 is 1.54 bits per heavy atom. The Morgan fingerprint density at radius 1 is 0.708 bits per heavy atom. The molecule has 2 amide bonds. The van der Waals surface area contributed by atoms with E-state index in [4.69, 9.17) is 43.8 Å². The second-order valence-electron chi connectivity index (χ2n) is 17.4. The maximum absolute atomic E-state index is 13.3. The molecule has 0 saturated carbocycles. The van der Waals surface area contributed by atoms with E-state index in [9.17, 15) is 24.3 Å². The molecule has 2 aliphatic heterocycles. The lowest BCUT2D eigenvalue weighted by Crippen LogP contribution is -2.29. The Hall–Kier alpha value is -6.24. The van der Waals surface area contributed by atoms with Crippen LogP contribution in [0.1, 0.15) is 104 Å². The van der Waals surface area contributed by atoms with Crippen molar-refractivity contribution in [2.75, 3.05) is 22.9 Å². The second-order valence-corrected chi connectivity index (χ2v) is 20.2. The third kappa shape index (κ3) is 18.7. The molecular weight excluding hydrogens is 992 g/mol. The first kappa shape index (κ1) is 60.1. The Labute approximate surface area is 443 Å². The summed E-state index contributed by atoms with van der Waals surface area (Å²) in [5.74, 6) is 0.906. The van der Waals surface area contributed by atoms with E-state index in [-0.39, 0.29) is 22.6 Å². The van der Waals surface area contributed by atoms with Crippen molar-refractivity contribution in [3.8, 4) is 23.8 Å². The van der Waals surface area contributed by atoms with E-state index >= 15 is 0 Å². The Morgan fingerprint density at radius 2 is 1.15 bits per heavy atom. The van der Waals surface area contributed by atoms with Crippen LogP contribution in [0.15, 0.2) is 117 Å². The molecule has 12 nitrogen and oxygen atoms in total. The smallest absolute Gasteiger partial charge is 0.384 e. The first-order chi connectivity index (χ1) is 34.0. The van der Waals surface area contributed by atoms with Gasteiger partial charge in [-0.15, -0.1) is 6.42 Å². The molecule has 0 aromatic heterocycles. The number of para-hydroxylation sites is 2. The number of hydrogen-bond donors (Lipinski definition) is 1. The number of aryl methyl sites for hydroxylation is 2. The van der Waals surface area contributed by atoms with E-state index in [2.05, 4.69) is 23.8 Å². The number of carbonyl (C=O) groups excluding carboxylic acids is 4. The van der Waals surface area contributed by atoms with Gasteiger partial charge < -0.3 is 19.3 Å². The summed E-state index contributed by atoms with van der Waals surface area (Å²) in [5.41, 5.74) is 4.12. The number of amidine groups is 2. The SMILES string of the molecule is C#CC(=O)OC(C)(C)C.CC.CCCN=C1S/C(=C\c2ccc(O)c(Cl)c2)C(=O)N1c1ccccc1C.CCCN=C1S/C(=C\c2ccc(O/C=C/C(=O)OC(C)(C)C)c(Cl)c2)C(=O)N1c1ccccc1C. The van der Waals surface area contributed by atoms with Crippen molar-refractivity contribution in [1.82, 2.24) is 0 Å². The molecule has 2 heterocycles. The number of hydrogen-bond acceptors (Lipinski definition) is 12. The number of nitrogens with zero attached hydrogens (tertiary/aromatic N) is 4. The van der Waals surface area contributed by atoms with Gasteiger partial charge >= 0.3 is 11.9 Å². The van der Waals surface area contributed by atoms with Crippen LogP contribution < -0.4 is 14.5 Å². The highest BCUT2D eigenvalue weighted by atomic mass is 35.5. The Bertz CT molecular complexity index is 2770. The van der Waals surface area contributed by atoms with Gasteiger partial charge in [0, 0.05) is 19.0 Å². The number of aliphatic imine (C=N–C) groups is 2. The predicted octanol–water partition coefficient (Wildman–Crippen LogP) is 14.0. The molecule has 0 radical (unpaired) electrons. The number of terminal acetylenes is 1. The minimum Gasteiger partial charge on any atom is -0.506 e. The van der Waals surface area contributed by atoms with Gasteiger partial charge in [-0.05, 0) is 163 Å². The van der Waals surface area contributed by atoms with Crippen molar-refractivity contribution >= 4 is 104 Å². The number of thioether (sulfide) groups is 2. The number of phenolic OH excluding ortho intramolecular Hbond substituents is 1. The minimum absolute atomic E-state index is 0.0194. The standard InChI is InChI=1S/C27H29ClN2O4S.C20H19ClN2O2S.C7H10O2.C2H6/c1-6-14-29-26-30(21-10-8-7-9-18(21)2)25(32)23(35-26)17-19-11-12-22(20(28)16-19)33-15-13-24(31)34-27(3,4)5;1-3-10-22-20-23(16-7-5-4-6-13(16)2)19(25)18(26-20)12-14-8-9-17(24)15(21)11-14;1-5-6(8)9-7(2,3)4;1-2/h7-13,15-17H,6,14H2,1-5H3;4-9,11-12,24H,3,10H2,1-2H3;1H,2-4H3;1-2H3/b15-13+,23-17-,29-26?;18-12-,22-20?;;. The summed E-state index contributed by atoms with van der Waals surface area (Å²) in [4.78, 5) is 62.2. The zero-order valence-corrected chi connectivity index (χ0v) is 46.1. The third-order valence-electron chi connectivity index (χ3n) is 9.11. The van der Waals surface area contributed by atoms with Crippen molar-refractivity contribution in [1.29, 1.82) is 0 Å². The van der Waals surface area contributed by atoms with E-state index in [0.717, 1.165) is 46.5 Å². The molecule has 0 spiro atoms. The summed E-state index contributed by atoms with van der Waals surface area (Å²) in [6.45, 7) is 24.0. The Balaban J connectivity index is 0.000000324. The largest absolute Gasteiger partial charge is 0.506 e. The first-order valence-corrected chi connectivity index (χ1v) is 25.7. The number of ether oxygens (including phenoxy) is 3. The summed E-state index contributed by atoms with van der Waals surface area (Å²) in [5, 5.41) is 11.5. The lowest BCUT2D eigenvalue weighted by molar-refractivity contribution is -0.149. The van der Waals surface area contributed by atoms with Gasteiger partial charge in [-0.3, -0.25) is 29.4 Å². The van der Waals surface area contributed by atoms with Crippen molar-refractivity contribution in [2.24, 2.45) is 9.98 Å². The lowest BCUT2D eigenvalue weighted by atomic mass is 10.1. The van der Waals surface area contributed by atoms with E-state index < -0.39 is 23.1 Å². The quantitative estimate of drug-likeness (QED) is 0.0506. The maximum atomic E-state index is 13.3. The number of rotatable bonds is 11. The van der Waals surface area contributed by atoms with Gasteiger partial charge in [-0.2, -0.15) is 0 Å². The van der Waals surface area contributed by atoms with Crippen LogP contribution in [0.4, 0.5) is 11.4 Å². The van der Waals surface area contributed by atoms with Gasteiger partial charge in [-0.1, -0.05) is 99.4 Å². The lowest BCUT2D eigenvalue weighted by Gasteiger charge is -2.18. The monoisotopic (exact) mass is 1050 g/mol. The number of benzene rings is 4. The van der Waals surface area contributed by atoms with Gasteiger partial charge in [0.1, 0.15) is 22.7 Å². The molecule has 2 fully saturated rings. The molecule has 72 heavy (non-hydrogen) atoms. The summed E-state index contributed by atoms with van der Waals surface area (Å²) >= 11 is 15.1. The normalized spacial score (nSPS) is 15.7. The highest BCUT2D eigenvalue weighted by Gasteiger charge is 2.36. The topological polar surface area (TPSA) is 147 Å². The minimum atomic E-state index is -0.609. The van der Waals surface area contributed by atoms with Crippen LogP contribution >= 0.6 is 46.7 Å². The number of phenols is 1. The third-order valence-corrected chi connectivity index (χ3v) is 11.7. The van der Waals surface area contributed by atoms with E-state index in [1.54, 1.807) is 93.8 Å². The number of carbonyl (C=O) groups is 4. The molecule has 382 valence electrons. The molecule has 0 unspecified atom stereocenters. The van der Waals surface area contributed by atoms with Crippen LogP contribution in [0.2, 0.25) is 10.0 Å².